The molecule has 1 atom stereocenters. The van der Waals surface area contributed by atoms with E-state index in [4.69, 9.17) is 4.42 Å². The maximum Gasteiger partial charge on any atom is 0.257 e. The monoisotopic (exact) mass is 350 g/mol. The Hall–Kier alpha value is -3.35. The molecule has 3 heterocycles. The van der Waals surface area contributed by atoms with Gasteiger partial charge in [0.2, 0.25) is 5.91 Å². The number of amides is 2. The molecule has 4 rings (SSSR count). The number of rotatable bonds is 4. The van der Waals surface area contributed by atoms with E-state index in [0.717, 1.165) is 12.1 Å². The van der Waals surface area contributed by atoms with Gasteiger partial charge in [-0.2, -0.15) is 5.10 Å². The average Bonchev–Trinajstić information content (AvgIpc) is 3.44. The Morgan fingerprint density at radius 2 is 2.04 bits per heavy atom. The zero-order valence-electron chi connectivity index (χ0n) is 14.0. The van der Waals surface area contributed by atoms with Crippen LogP contribution in [0.4, 0.5) is 5.69 Å². The molecule has 2 aromatic heterocycles. The largest absolute Gasteiger partial charge is 0.472 e. The van der Waals surface area contributed by atoms with Crippen molar-refractivity contribution in [2.45, 2.75) is 18.9 Å². The van der Waals surface area contributed by atoms with Crippen LogP contribution in [0.5, 0.6) is 0 Å². The Balaban J connectivity index is 1.44. The van der Waals surface area contributed by atoms with Crippen molar-refractivity contribution in [2.24, 2.45) is 0 Å². The van der Waals surface area contributed by atoms with Crippen LogP contribution < -0.4 is 5.32 Å². The van der Waals surface area contributed by atoms with E-state index in [9.17, 15) is 9.59 Å². The van der Waals surface area contributed by atoms with Gasteiger partial charge in [0.25, 0.3) is 5.91 Å². The molecule has 0 spiro atoms. The third-order valence-electron chi connectivity index (χ3n) is 4.49. The highest BCUT2D eigenvalue weighted by Crippen LogP contribution is 2.22. The van der Waals surface area contributed by atoms with Gasteiger partial charge in [0.05, 0.1) is 17.5 Å². The molecule has 1 fully saturated rings. The summed E-state index contributed by atoms with van der Waals surface area (Å²) in [4.78, 5) is 26.8. The van der Waals surface area contributed by atoms with E-state index in [1.54, 1.807) is 21.8 Å². The van der Waals surface area contributed by atoms with Crippen LogP contribution in [-0.2, 0) is 4.79 Å². The molecule has 132 valence electrons. The van der Waals surface area contributed by atoms with Crippen molar-refractivity contribution in [3.05, 3.63) is 66.9 Å². The number of likely N-dealkylation sites (tertiary alicyclic amines) is 1. The minimum atomic E-state index is -0.469. The SMILES string of the molecule is O=C(Nc1ccc(-n2cccn2)cc1)[C@@H]1CCCN1C(=O)c1ccoc1. The van der Waals surface area contributed by atoms with Gasteiger partial charge in [-0.25, -0.2) is 4.68 Å². The highest BCUT2D eigenvalue weighted by molar-refractivity contribution is 6.01. The summed E-state index contributed by atoms with van der Waals surface area (Å²) in [5, 5.41) is 7.07. The van der Waals surface area contributed by atoms with Crippen LogP contribution in [0.15, 0.2) is 65.7 Å². The van der Waals surface area contributed by atoms with Crippen molar-refractivity contribution >= 4 is 17.5 Å². The summed E-state index contributed by atoms with van der Waals surface area (Å²) in [6, 6.07) is 10.4. The van der Waals surface area contributed by atoms with E-state index in [-0.39, 0.29) is 11.8 Å². The maximum atomic E-state index is 12.7. The Morgan fingerprint density at radius 3 is 2.73 bits per heavy atom. The van der Waals surface area contributed by atoms with Crippen molar-refractivity contribution in [1.29, 1.82) is 0 Å². The number of carbonyl (C=O) groups excluding carboxylic acids is 2. The van der Waals surface area contributed by atoms with Gasteiger partial charge >= 0.3 is 0 Å². The first-order chi connectivity index (χ1) is 12.7. The lowest BCUT2D eigenvalue weighted by Gasteiger charge is -2.23. The molecule has 0 unspecified atom stereocenters. The fourth-order valence-electron chi connectivity index (χ4n) is 3.18. The number of carbonyl (C=O) groups is 2. The van der Waals surface area contributed by atoms with Crippen LogP contribution in [0.2, 0.25) is 0 Å². The summed E-state index contributed by atoms with van der Waals surface area (Å²) >= 11 is 0. The van der Waals surface area contributed by atoms with Crippen molar-refractivity contribution < 1.29 is 14.0 Å². The van der Waals surface area contributed by atoms with Gasteiger partial charge in [0.15, 0.2) is 0 Å². The number of hydrogen-bond donors (Lipinski definition) is 1. The number of nitrogens with one attached hydrogen (secondary N) is 1. The molecule has 1 aromatic carbocycles. The van der Waals surface area contributed by atoms with Crippen LogP contribution in [-0.4, -0.2) is 39.1 Å². The zero-order valence-corrected chi connectivity index (χ0v) is 14.0. The zero-order chi connectivity index (χ0) is 17.9. The average molecular weight is 350 g/mol. The molecule has 1 N–H and O–H groups in total. The lowest BCUT2D eigenvalue weighted by Crippen LogP contribution is -2.43. The first-order valence-corrected chi connectivity index (χ1v) is 8.46. The molecule has 1 aliphatic rings. The quantitative estimate of drug-likeness (QED) is 0.784. The lowest BCUT2D eigenvalue weighted by atomic mass is 10.2. The summed E-state index contributed by atoms with van der Waals surface area (Å²) in [5.41, 5.74) is 2.06. The molecule has 26 heavy (non-hydrogen) atoms. The molecule has 0 bridgehead atoms. The van der Waals surface area contributed by atoms with Crippen LogP contribution >= 0.6 is 0 Å². The summed E-state index contributed by atoms with van der Waals surface area (Å²) < 4.78 is 6.72. The third-order valence-corrected chi connectivity index (χ3v) is 4.49. The fourth-order valence-corrected chi connectivity index (χ4v) is 3.18. The summed E-state index contributed by atoms with van der Waals surface area (Å²) in [6.45, 7) is 0.570. The molecule has 3 aromatic rings. The number of nitrogens with zero attached hydrogens (tertiary/aromatic N) is 3. The van der Waals surface area contributed by atoms with Gasteiger partial charge in [-0.3, -0.25) is 9.59 Å². The normalized spacial score (nSPS) is 16.6. The van der Waals surface area contributed by atoms with Gasteiger partial charge in [0, 0.05) is 24.6 Å². The Morgan fingerprint density at radius 1 is 1.19 bits per heavy atom. The second-order valence-electron chi connectivity index (χ2n) is 6.16. The number of hydrogen-bond acceptors (Lipinski definition) is 4. The van der Waals surface area contributed by atoms with Crippen LogP contribution in [0.25, 0.3) is 5.69 Å². The molecule has 0 aliphatic carbocycles. The van der Waals surface area contributed by atoms with E-state index < -0.39 is 6.04 Å². The first kappa shape index (κ1) is 16.1. The van der Waals surface area contributed by atoms with Gasteiger partial charge < -0.3 is 14.6 Å². The highest BCUT2D eigenvalue weighted by atomic mass is 16.3. The smallest absolute Gasteiger partial charge is 0.257 e. The molecule has 0 radical (unpaired) electrons. The minimum Gasteiger partial charge on any atom is -0.472 e. The molecule has 7 nitrogen and oxygen atoms in total. The third kappa shape index (κ3) is 3.11. The molecule has 7 heteroatoms. The van der Waals surface area contributed by atoms with Gasteiger partial charge in [-0.15, -0.1) is 0 Å². The molecule has 1 aliphatic heterocycles. The van der Waals surface area contributed by atoms with Gasteiger partial charge in [-0.1, -0.05) is 0 Å². The summed E-state index contributed by atoms with van der Waals surface area (Å²) in [7, 11) is 0. The molecular formula is C19H18N4O3. The number of furan rings is 1. The van der Waals surface area contributed by atoms with E-state index >= 15 is 0 Å². The summed E-state index contributed by atoms with van der Waals surface area (Å²) in [5.74, 6) is -0.350. The van der Waals surface area contributed by atoms with Crippen molar-refractivity contribution in [2.75, 3.05) is 11.9 Å². The summed E-state index contributed by atoms with van der Waals surface area (Å²) in [6.07, 6.45) is 7.89. The second kappa shape index (κ2) is 6.87. The molecule has 1 saturated heterocycles. The highest BCUT2D eigenvalue weighted by Gasteiger charge is 2.34. The Kier molecular flexibility index (Phi) is 4.27. The Labute approximate surface area is 150 Å². The topological polar surface area (TPSA) is 80.4 Å². The Bertz CT molecular complexity index is 886. The molecule has 2 amide bonds. The van der Waals surface area contributed by atoms with E-state index in [2.05, 4.69) is 10.4 Å². The number of benzene rings is 1. The van der Waals surface area contributed by atoms with Gasteiger partial charge in [0.1, 0.15) is 12.3 Å². The van der Waals surface area contributed by atoms with E-state index in [0.29, 0.717) is 24.2 Å². The number of aromatic nitrogens is 2. The van der Waals surface area contributed by atoms with Gasteiger partial charge in [-0.05, 0) is 49.2 Å². The van der Waals surface area contributed by atoms with Crippen LogP contribution in [0.3, 0.4) is 0 Å². The predicted molar refractivity (Wildman–Crippen MR) is 95.0 cm³/mol. The predicted octanol–water partition coefficient (Wildman–Crippen LogP) is 2.71. The maximum absolute atomic E-state index is 12.7. The van der Waals surface area contributed by atoms with Crippen molar-refractivity contribution in [1.82, 2.24) is 14.7 Å². The van der Waals surface area contributed by atoms with Crippen molar-refractivity contribution in [3.63, 3.8) is 0 Å². The minimum absolute atomic E-state index is 0.175. The van der Waals surface area contributed by atoms with E-state index in [1.807, 2.05) is 36.5 Å². The molecular weight excluding hydrogens is 332 g/mol. The fraction of sp³-hybridized carbons (Fsp3) is 0.211. The second-order valence-corrected chi connectivity index (χ2v) is 6.16. The first-order valence-electron chi connectivity index (χ1n) is 8.46. The number of anilines is 1. The lowest BCUT2D eigenvalue weighted by molar-refractivity contribution is -0.119. The van der Waals surface area contributed by atoms with E-state index in [1.165, 1.54) is 12.5 Å². The molecule has 0 saturated carbocycles. The van der Waals surface area contributed by atoms with Crippen LogP contribution in [0.1, 0.15) is 23.2 Å². The van der Waals surface area contributed by atoms with Crippen molar-refractivity contribution in [3.8, 4) is 5.69 Å². The standard InChI is InChI=1S/C19H18N4O3/c24-18(17-3-1-10-22(17)19(25)14-8-12-26-13-14)21-15-4-6-16(7-5-15)23-11-2-9-20-23/h2,4-9,11-13,17H,1,3,10H2,(H,21,24)/t17-/m0/s1. The van der Waals surface area contributed by atoms with Crippen LogP contribution in [0, 0.1) is 0 Å².